The molecule has 7 nitrogen and oxygen atoms in total. The van der Waals surface area contributed by atoms with E-state index in [4.69, 9.17) is 28.9 Å². The number of hydrogen-bond donors (Lipinski definition) is 3. The number of nitrogens with one attached hydrogen (secondary N) is 2. The molecule has 0 aromatic carbocycles. The van der Waals surface area contributed by atoms with Gasteiger partial charge in [0.1, 0.15) is 11.5 Å². The van der Waals surface area contributed by atoms with Crippen LogP contribution in [-0.2, 0) is 0 Å². The smallest absolute Gasteiger partial charge is 0.267 e. The summed E-state index contributed by atoms with van der Waals surface area (Å²) in [6.07, 6.45) is 2.76. The number of pyridine rings is 2. The highest BCUT2D eigenvalue weighted by Gasteiger charge is 2.08. The van der Waals surface area contributed by atoms with E-state index < -0.39 is 5.91 Å². The molecule has 0 saturated carbocycles. The lowest BCUT2D eigenvalue weighted by molar-refractivity contribution is 0.0951. The molecule has 2 heterocycles. The van der Waals surface area contributed by atoms with Gasteiger partial charge in [0.15, 0.2) is 0 Å². The van der Waals surface area contributed by atoms with Crippen LogP contribution in [0.5, 0.6) is 0 Å². The molecule has 2 aromatic rings. The van der Waals surface area contributed by atoms with Crippen molar-refractivity contribution < 1.29 is 9.59 Å². The molecular weight excluding hydrogens is 341 g/mol. The molecule has 23 heavy (non-hydrogen) atoms. The van der Waals surface area contributed by atoms with E-state index in [0.29, 0.717) is 34.5 Å². The van der Waals surface area contributed by atoms with Gasteiger partial charge in [0, 0.05) is 25.5 Å². The molecule has 9 heteroatoms. The molecule has 0 spiro atoms. The molecule has 4 N–H and O–H groups in total. The summed E-state index contributed by atoms with van der Waals surface area (Å²) in [5, 5.41) is 6.52. The summed E-state index contributed by atoms with van der Waals surface area (Å²) < 4.78 is 0. The van der Waals surface area contributed by atoms with Crippen LogP contribution in [0.2, 0.25) is 10.0 Å². The lowest BCUT2D eigenvalue weighted by atomic mass is 10.2. The molecule has 0 bridgehead atoms. The van der Waals surface area contributed by atoms with Crippen molar-refractivity contribution in [3.8, 4) is 0 Å². The minimum absolute atomic E-state index is 0.103. The molecule has 2 aromatic heterocycles. The number of anilines is 1. The summed E-state index contributed by atoms with van der Waals surface area (Å²) in [5.74, 6) is -0.475. The van der Waals surface area contributed by atoms with Crippen LogP contribution < -0.4 is 16.4 Å². The largest absolute Gasteiger partial charge is 0.367 e. The van der Waals surface area contributed by atoms with Gasteiger partial charge in [-0.25, -0.2) is 4.98 Å². The minimum Gasteiger partial charge on any atom is -0.367 e. The maximum Gasteiger partial charge on any atom is 0.267 e. The molecule has 0 atom stereocenters. The average Bonchev–Trinajstić information content (AvgIpc) is 2.53. The topological polar surface area (TPSA) is 110 Å². The van der Waals surface area contributed by atoms with Crippen LogP contribution in [0.1, 0.15) is 20.8 Å². The number of amides is 2. The first-order valence-corrected chi connectivity index (χ1v) is 7.32. The normalized spacial score (nSPS) is 10.2. The Morgan fingerprint density at radius 3 is 2.52 bits per heavy atom. The summed E-state index contributed by atoms with van der Waals surface area (Å²) in [5.41, 5.74) is 5.51. The fourth-order valence-electron chi connectivity index (χ4n) is 1.68. The molecule has 0 aliphatic rings. The second kappa shape index (κ2) is 7.75. The standard InChI is InChI=1S/C14H13Cl2N5O2/c15-9-5-10(16)13(21-7-9)18-3-4-19-14(23)8-1-2-11(12(17)22)20-6-8/h1-2,5-7H,3-4H2,(H2,17,22)(H,18,21)(H,19,23). The molecule has 2 amide bonds. The van der Waals surface area contributed by atoms with Crippen LogP contribution in [0.4, 0.5) is 5.82 Å². The summed E-state index contributed by atoms with van der Waals surface area (Å²) in [6.45, 7) is 0.768. The monoisotopic (exact) mass is 353 g/mol. The van der Waals surface area contributed by atoms with E-state index in [1.165, 1.54) is 24.5 Å². The van der Waals surface area contributed by atoms with Crippen LogP contribution in [0.15, 0.2) is 30.6 Å². The highest BCUT2D eigenvalue weighted by Crippen LogP contribution is 2.21. The van der Waals surface area contributed by atoms with Gasteiger partial charge in [0.2, 0.25) is 0 Å². The maximum atomic E-state index is 11.9. The van der Waals surface area contributed by atoms with Gasteiger partial charge in [0.25, 0.3) is 11.8 Å². The molecule has 0 saturated heterocycles. The number of nitrogens with two attached hydrogens (primary N) is 1. The van der Waals surface area contributed by atoms with Gasteiger partial charge < -0.3 is 16.4 Å². The van der Waals surface area contributed by atoms with Crippen molar-refractivity contribution in [3.63, 3.8) is 0 Å². The first-order valence-electron chi connectivity index (χ1n) is 6.56. The van der Waals surface area contributed by atoms with E-state index in [2.05, 4.69) is 20.6 Å². The zero-order valence-electron chi connectivity index (χ0n) is 11.8. The molecule has 2 rings (SSSR count). The summed E-state index contributed by atoms with van der Waals surface area (Å²) in [7, 11) is 0. The molecule has 0 unspecified atom stereocenters. The Balaban J connectivity index is 1.81. The Bertz CT molecular complexity index is 722. The zero-order valence-corrected chi connectivity index (χ0v) is 13.4. The number of nitrogens with zero attached hydrogens (tertiary/aromatic N) is 2. The highest BCUT2D eigenvalue weighted by atomic mass is 35.5. The van der Waals surface area contributed by atoms with Crippen molar-refractivity contribution in [2.24, 2.45) is 5.73 Å². The van der Waals surface area contributed by atoms with Gasteiger partial charge in [-0.15, -0.1) is 0 Å². The van der Waals surface area contributed by atoms with Crippen LogP contribution in [-0.4, -0.2) is 34.9 Å². The lowest BCUT2D eigenvalue weighted by Gasteiger charge is -2.09. The maximum absolute atomic E-state index is 11.9. The Hall–Kier alpha value is -2.38. The second-order valence-electron chi connectivity index (χ2n) is 4.46. The van der Waals surface area contributed by atoms with Gasteiger partial charge >= 0.3 is 0 Å². The molecular formula is C14H13Cl2N5O2. The van der Waals surface area contributed by atoms with Gasteiger partial charge in [-0.1, -0.05) is 23.2 Å². The minimum atomic E-state index is -0.645. The third kappa shape index (κ3) is 4.80. The van der Waals surface area contributed by atoms with Gasteiger partial charge in [0.05, 0.1) is 15.6 Å². The Morgan fingerprint density at radius 1 is 1.13 bits per heavy atom. The van der Waals surface area contributed by atoms with Crippen LogP contribution in [0.25, 0.3) is 0 Å². The fourth-order valence-corrected chi connectivity index (χ4v) is 2.12. The van der Waals surface area contributed by atoms with Crippen molar-refractivity contribution in [1.29, 1.82) is 0 Å². The van der Waals surface area contributed by atoms with E-state index >= 15 is 0 Å². The van der Waals surface area contributed by atoms with Crippen molar-refractivity contribution in [3.05, 3.63) is 51.9 Å². The zero-order chi connectivity index (χ0) is 16.8. The van der Waals surface area contributed by atoms with Crippen molar-refractivity contribution >= 4 is 40.8 Å². The van der Waals surface area contributed by atoms with Gasteiger partial charge in [-0.3, -0.25) is 14.6 Å². The lowest BCUT2D eigenvalue weighted by Crippen LogP contribution is -2.29. The fraction of sp³-hybridized carbons (Fsp3) is 0.143. The Labute approximate surface area is 142 Å². The summed E-state index contributed by atoms with van der Waals surface area (Å²) in [6, 6.07) is 4.45. The number of aromatic nitrogens is 2. The van der Waals surface area contributed by atoms with Crippen molar-refractivity contribution in [2.75, 3.05) is 18.4 Å². The molecule has 0 radical (unpaired) electrons. The van der Waals surface area contributed by atoms with Gasteiger partial charge in [-0.05, 0) is 18.2 Å². The number of primary amides is 1. The quantitative estimate of drug-likeness (QED) is 0.685. The van der Waals surface area contributed by atoms with E-state index in [-0.39, 0.29) is 11.6 Å². The molecule has 120 valence electrons. The highest BCUT2D eigenvalue weighted by molar-refractivity contribution is 6.35. The number of rotatable bonds is 6. The van der Waals surface area contributed by atoms with E-state index in [0.717, 1.165) is 0 Å². The number of carbonyl (C=O) groups is 2. The van der Waals surface area contributed by atoms with E-state index in [1.54, 1.807) is 6.07 Å². The predicted molar refractivity (Wildman–Crippen MR) is 87.8 cm³/mol. The summed E-state index contributed by atoms with van der Waals surface area (Å²) in [4.78, 5) is 30.6. The third-order valence-corrected chi connectivity index (χ3v) is 3.28. The number of hydrogen-bond acceptors (Lipinski definition) is 5. The SMILES string of the molecule is NC(=O)c1ccc(C(=O)NCCNc2ncc(Cl)cc2Cl)cn1. The first-order chi connectivity index (χ1) is 11.0. The molecule has 0 aliphatic carbocycles. The third-order valence-electron chi connectivity index (χ3n) is 2.79. The number of halogens is 2. The van der Waals surface area contributed by atoms with E-state index in [9.17, 15) is 9.59 Å². The van der Waals surface area contributed by atoms with Gasteiger partial charge in [-0.2, -0.15) is 0 Å². The first kappa shape index (κ1) is 17.0. The Kier molecular flexibility index (Phi) is 5.72. The molecule has 0 fully saturated rings. The van der Waals surface area contributed by atoms with Crippen LogP contribution in [0.3, 0.4) is 0 Å². The van der Waals surface area contributed by atoms with Crippen molar-refractivity contribution in [2.45, 2.75) is 0 Å². The predicted octanol–water partition coefficient (Wildman–Crippen LogP) is 1.72. The average molecular weight is 354 g/mol. The van der Waals surface area contributed by atoms with Crippen molar-refractivity contribution in [1.82, 2.24) is 15.3 Å². The second-order valence-corrected chi connectivity index (χ2v) is 5.31. The van der Waals surface area contributed by atoms with E-state index in [1.807, 2.05) is 0 Å². The summed E-state index contributed by atoms with van der Waals surface area (Å²) >= 11 is 11.7. The van der Waals surface area contributed by atoms with Crippen LogP contribution in [0, 0.1) is 0 Å². The molecule has 0 aliphatic heterocycles. The van der Waals surface area contributed by atoms with Crippen LogP contribution >= 0.6 is 23.2 Å². The Morgan fingerprint density at radius 2 is 1.91 bits per heavy atom. The number of carbonyl (C=O) groups excluding carboxylic acids is 2.